The van der Waals surface area contributed by atoms with Crippen LogP contribution in [0.1, 0.15) is 20.3 Å². The maximum atomic E-state index is 13.8. The molecule has 4 rings (SSSR count). The molecule has 3 aromatic rings. The molecule has 1 amide bonds. The minimum Gasteiger partial charge on any atom is -1.00 e. The second kappa shape index (κ2) is 9.90. The Morgan fingerprint density at radius 1 is 0.800 bits per heavy atom. The van der Waals surface area contributed by atoms with Gasteiger partial charge in [0.1, 0.15) is 23.2 Å². The average molecular weight is 482 g/mol. The van der Waals surface area contributed by atoms with Gasteiger partial charge in [0.15, 0.2) is 5.66 Å². The van der Waals surface area contributed by atoms with E-state index in [2.05, 4.69) is 110 Å². The van der Waals surface area contributed by atoms with Gasteiger partial charge in [0.05, 0.1) is 0 Å². The number of benzene rings is 3. The van der Waals surface area contributed by atoms with E-state index in [1.807, 2.05) is 0 Å². The predicted octanol–water partition coefficient (Wildman–Crippen LogP) is 1.24. The highest BCUT2D eigenvalue weighted by molar-refractivity contribution is 7.96. The largest absolute Gasteiger partial charge is 1.00 e. The van der Waals surface area contributed by atoms with Crippen molar-refractivity contribution in [2.24, 2.45) is 5.92 Å². The van der Waals surface area contributed by atoms with Gasteiger partial charge >= 0.3 is 0 Å². The molecular weight excluding hydrogens is 453 g/mol. The number of nitrogens with zero attached hydrogens (tertiary/aromatic N) is 1. The van der Waals surface area contributed by atoms with Crippen molar-refractivity contribution in [1.82, 2.24) is 4.90 Å². The third-order valence-corrected chi connectivity index (χ3v) is 10.6. The van der Waals surface area contributed by atoms with Gasteiger partial charge in [0, 0.05) is 19.5 Å². The summed E-state index contributed by atoms with van der Waals surface area (Å²) in [4.78, 5) is 15.9. The lowest BCUT2D eigenvalue weighted by Gasteiger charge is -2.32. The molecule has 4 heteroatoms. The molecule has 0 spiro atoms. The van der Waals surface area contributed by atoms with Crippen molar-refractivity contribution < 1.29 is 21.8 Å². The van der Waals surface area contributed by atoms with Gasteiger partial charge in [-0.25, -0.2) is 0 Å². The Hall–Kier alpha value is -1.96. The highest BCUT2D eigenvalue weighted by atomic mass is 79.9. The van der Waals surface area contributed by atoms with E-state index in [0.29, 0.717) is 11.8 Å². The second-order valence-electron chi connectivity index (χ2n) is 8.21. The number of halogens is 1. The van der Waals surface area contributed by atoms with Gasteiger partial charge in [-0.2, -0.15) is 0 Å². The molecule has 0 saturated carbocycles. The molecule has 1 aliphatic rings. The molecule has 156 valence electrons. The molecular formula is C26H29BrNOP. The van der Waals surface area contributed by atoms with Gasteiger partial charge in [0.2, 0.25) is 0 Å². The molecule has 0 N–H and O–H groups in total. The van der Waals surface area contributed by atoms with Crippen molar-refractivity contribution >= 4 is 29.1 Å². The van der Waals surface area contributed by atoms with E-state index in [1.54, 1.807) is 0 Å². The minimum atomic E-state index is -2.13. The molecule has 1 atom stereocenters. The van der Waals surface area contributed by atoms with Crippen molar-refractivity contribution in [3.8, 4) is 0 Å². The molecule has 0 radical (unpaired) electrons. The van der Waals surface area contributed by atoms with Crippen molar-refractivity contribution in [1.29, 1.82) is 0 Å². The number of carbonyl (C=O) groups is 1. The van der Waals surface area contributed by atoms with Crippen molar-refractivity contribution in [3.05, 3.63) is 91.0 Å². The number of likely N-dealkylation sites (tertiary alicyclic amines) is 1. The molecule has 1 aliphatic heterocycles. The highest BCUT2D eigenvalue weighted by Gasteiger charge is 2.58. The Kier molecular flexibility index (Phi) is 7.50. The fraction of sp³-hybridized carbons (Fsp3) is 0.269. The van der Waals surface area contributed by atoms with Gasteiger partial charge in [-0.1, -0.05) is 68.4 Å². The average Bonchev–Trinajstić information content (AvgIpc) is 3.11. The molecule has 3 aromatic carbocycles. The third-order valence-electron chi connectivity index (χ3n) is 5.81. The van der Waals surface area contributed by atoms with Crippen LogP contribution >= 0.6 is 7.26 Å². The Labute approximate surface area is 191 Å². The molecule has 1 heterocycles. The maximum absolute atomic E-state index is 13.8. The SMILES string of the molecule is CC(C)CN1CC[C@@H]([P+](c2ccccc2)(c2ccccc2)c2ccccc2)C1=O.[Br-]. The maximum Gasteiger partial charge on any atom is 0.264 e. The van der Waals surface area contributed by atoms with Crippen LogP contribution in [0.2, 0.25) is 0 Å². The molecule has 1 fully saturated rings. The molecule has 1 saturated heterocycles. The lowest BCUT2D eigenvalue weighted by molar-refractivity contribution is -0.127. The number of rotatable bonds is 6. The van der Waals surface area contributed by atoms with Crippen LogP contribution in [-0.4, -0.2) is 29.6 Å². The number of carbonyl (C=O) groups excluding carboxylic acids is 1. The van der Waals surface area contributed by atoms with Crippen molar-refractivity contribution in [2.75, 3.05) is 13.1 Å². The van der Waals surface area contributed by atoms with E-state index in [4.69, 9.17) is 0 Å². The zero-order valence-corrected chi connectivity index (χ0v) is 20.1. The first-order valence-corrected chi connectivity index (χ1v) is 12.3. The first-order chi connectivity index (χ1) is 14.1. The van der Waals surface area contributed by atoms with Crippen LogP contribution in [0.25, 0.3) is 0 Å². The third kappa shape index (κ3) is 4.11. The molecule has 0 unspecified atom stereocenters. The Bertz CT molecular complexity index is 850. The molecule has 0 aliphatic carbocycles. The fourth-order valence-corrected chi connectivity index (χ4v) is 9.58. The highest BCUT2D eigenvalue weighted by Crippen LogP contribution is 2.62. The first-order valence-electron chi connectivity index (χ1n) is 10.5. The molecule has 0 aromatic heterocycles. The lowest BCUT2D eigenvalue weighted by atomic mass is 10.2. The van der Waals surface area contributed by atoms with E-state index in [1.165, 1.54) is 15.9 Å². The molecule has 30 heavy (non-hydrogen) atoms. The van der Waals surface area contributed by atoms with Crippen LogP contribution in [0.15, 0.2) is 91.0 Å². The van der Waals surface area contributed by atoms with Gasteiger partial charge in [-0.15, -0.1) is 0 Å². The van der Waals surface area contributed by atoms with Gasteiger partial charge in [0.25, 0.3) is 5.91 Å². The first kappa shape index (κ1) is 22.7. The van der Waals surface area contributed by atoms with E-state index in [9.17, 15) is 4.79 Å². The monoisotopic (exact) mass is 481 g/mol. The predicted molar refractivity (Wildman–Crippen MR) is 125 cm³/mol. The summed E-state index contributed by atoms with van der Waals surface area (Å²) >= 11 is 0. The van der Waals surface area contributed by atoms with E-state index >= 15 is 0 Å². The summed E-state index contributed by atoms with van der Waals surface area (Å²) in [7, 11) is -2.13. The summed E-state index contributed by atoms with van der Waals surface area (Å²) in [5, 5.41) is 3.88. The van der Waals surface area contributed by atoms with E-state index < -0.39 is 7.26 Å². The summed E-state index contributed by atoms with van der Waals surface area (Å²) in [6.45, 7) is 6.08. The zero-order chi connectivity index (χ0) is 20.3. The van der Waals surface area contributed by atoms with Gasteiger partial charge in [-0.05, 0) is 42.3 Å². The topological polar surface area (TPSA) is 20.3 Å². The smallest absolute Gasteiger partial charge is 0.264 e. The van der Waals surface area contributed by atoms with Crippen LogP contribution in [0.5, 0.6) is 0 Å². The standard InChI is InChI=1S/C26H29NOP.BrH/c1-21(2)20-27-19-18-25(26(27)28)29(22-12-6-3-7-13-22,23-14-8-4-9-15-23)24-16-10-5-11-17-24;/h3-17,21,25H,18-20H2,1-2H3;1H/q+1;/p-1/t25-;/m1./s1. The summed E-state index contributed by atoms with van der Waals surface area (Å²) in [6, 6.07) is 32.2. The summed E-state index contributed by atoms with van der Waals surface area (Å²) in [6.07, 6.45) is 0.915. The Balaban J connectivity index is 0.00000256. The van der Waals surface area contributed by atoms with Gasteiger partial charge in [-0.3, -0.25) is 4.79 Å². The van der Waals surface area contributed by atoms with Crippen LogP contribution in [0.4, 0.5) is 0 Å². The van der Waals surface area contributed by atoms with E-state index in [0.717, 1.165) is 19.5 Å². The molecule has 2 nitrogen and oxygen atoms in total. The van der Waals surface area contributed by atoms with E-state index in [-0.39, 0.29) is 22.6 Å². The number of hydrogen-bond donors (Lipinski definition) is 0. The fourth-order valence-electron chi connectivity index (χ4n) is 4.68. The Morgan fingerprint density at radius 2 is 1.20 bits per heavy atom. The summed E-state index contributed by atoms with van der Waals surface area (Å²) < 4.78 is 0. The van der Waals surface area contributed by atoms with Crippen molar-refractivity contribution in [2.45, 2.75) is 25.9 Å². The minimum absolute atomic E-state index is 0. The lowest BCUT2D eigenvalue weighted by Crippen LogP contribution is -3.00. The summed E-state index contributed by atoms with van der Waals surface area (Å²) in [5.74, 6) is 0.805. The van der Waals surface area contributed by atoms with Crippen LogP contribution in [0.3, 0.4) is 0 Å². The quantitative estimate of drug-likeness (QED) is 0.485. The summed E-state index contributed by atoms with van der Waals surface area (Å²) in [5.41, 5.74) is -0.00606. The normalized spacial score (nSPS) is 16.6. The number of amides is 1. The van der Waals surface area contributed by atoms with Crippen LogP contribution < -0.4 is 32.9 Å². The van der Waals surface area contributed by atoms with Crippen LogP contribution in [-0.2, 0) is 4.79 Å². The number of hydrogen-bond acceptors (Lipinski definition) is 1. The Morgan fingerprint density at radius 3 is 1.57 bits per heavy atom. The second-order valence-corrected chi connectivity index (χ2v) is 11.8. The van der Waals surface area contributed by atoms with Gasteiger partial charge < -0.3 is 21.9 Å². The van der Waals surface area contributed by atoms with Crippen molar-refractivity contribution in [3.63, 3.8) is 0 Å². The zero-order valence-electron chi connectivity index (χ0n) is 17.6. The van der Waals surface area contributed by atoms with Crippen LogP contribution in [0, 0.1) is 5.92 Å². The molecule has 0 bridgehead atoms.